The molecule has 1 N–H and O–H groups in total. The van der Waals surface area contributed by atoms with Gasteiger partial charge >= 0.3 is 0 Å². The average molecular weight is 181 g/mol. The van der Waals surface area contributed by atoms with Gasteiger partial charge in [-0.05, 0) is 44.2 Å². The highest BCUT2D eigenvalue weighted by Gasteiger charge is 2.56. The van der Waals surface area contributed by atoms with Crippen LogP contribution in [0.15, 0.2) is 0 Å². The molecule has 2 heteroatoms. The third-order valence-corrected chi connectivity index (χ3v) is 3.67. The second-order valence-electron chi connectivity index (χ2n) is 4.59. The third-order valence-electron chi connectivity index (χ3n) is 3.67. The molecule has 0 radical (unpaired) electrons. The molecule has 13 heavy (non-hydrogen) atoms. The SMILES string of the molecule is CCCC(=O)C1CC12CCNCC2. The van der Waals surface area contributed by atoms with Crippen LogP contribution in [0.3, 0.4) is 0 Å². The van der Waals surface area contributed by atoms with Crippen molar-refractivity contribution in [3.05, 3.63) is 0 Å². The largest absolute Gasteiger partial charge is 0.317 e. The number of hydrogen-bond donors (Lipinski definition) is 1. The summed E-state index contributed by atoms with van der Waals surface area (Å²) in [4.78, 5) is 11.7. The quantitative estimate of drug-likeness (QED) is 0.718. The van der Waals surface area contributed by atoms with Gasteiger partial charge in [0.2, 0.25) is 0 Å². The minimum atomic E-state index is 0.439. The van der Waals surface area contributed by atoms with Gasteiger partial charge in [-0.2, -0.15) is 0 Å². The molecule has 0 aromatic rings. The van der Waals surface area contributed by atoms with Crippen LogP contribution in [-0.2, 0) is 4.79 Å². The first-order valence-corrected chi connectivity index (χ1v) is 5.52. The van der Waals surface area contributed by atoms with Crippen LogP contribution in [0.25, 0.3) is 0 Å². The molecule has 0 amide bonds. The molecule has 1 atom stereocenters. The van der Waals surface area contributed by atoms with Gasteiger partial charge in [-0.1, -0.05) is 6.92 Å². The first-order chi connectivity index (χ1) is 6.28. The molecule has 0 aromatic heterocycles. The summed E-state index contributed by atoms with van der Waals surface area (Å²) in [5, 5.41) is 3.36. The first-order valence-electron chi connectivity index (χ1n) is 5.52. The van der Waals surface area contributed by atoms with Crippen molar-refractivity contribution in [2.45, 2.75) is 39.0 Å². The van der Waals surface area contributed by atoms with E-state index in [0.29, 0.717) is 17.1 Å². The summed E-state index contributed by atoms with van der Waals surface area (Å²) in [5.41, 5.74) is 0.456. The van der Waals surface area contributed by atoms with Gasteiger partial charge in [0.1, 0.15) is 5.78 Å². The Morgan fingerprint density at radius 1 is 1.46 bits per heavy atom. The predicted octanol–water partition coefficient (Wildman–Crippen LogP) is 1.75. The molecule has 1 aliphatic carbocycles. The number of carbonyl (C=O) groups is 1. The zero-order valence-corrected chi connectivity index (χ0v) is 8.44. The van der Waals surface area contributed by atoms with Gasteiger partial charge < -0.3 is 5.32 Å². The normalized spacial score (nSPS) is 30.4. The summed E-state index contributed by atoms with van der Waals surface area (Å²) in [7, 11) is 0. The summed E-state index contributed by atoms with van der Waals surface area (Å²) in [5.74, 6) is 0.971. The molecule has 2 aliphatic rings. The van der Waals surface area contributed by atoms with E-state index in [0.717, 1.165) is 25.9 Å². The monoisotopic (exact) mass is 181 g/mol. The summed E-state index contributed by atoms with van der Waals surface area (Å²) < 4.78 is 0. The Kier molecular flexibility index (Phi) is 2.41. The maximum Gasteiger partial charge on any atom is 0.136 e. The van der Waals surface area contributed by atoms with Crippen LogP contribution >= 0.6 is 0 Å². The van der Waals surface area contributed by atoms with E-state index in [-0.39, 0.29) is 0 Å². The number of carbonyl (C=O) groups excluding carboxylic acids is 1. The Bertz CT molecular complexity index is 206. The topological polar surface area (TPSA) is 29.1 Å². The van der Waals surface area contributed by atoms with Crippen LogP contribution < -0.4 is 5.32 Å². The molecule has 1 saturated heterocycles. The van der Waals surface area contributed by atoms with Crippen LogP contribution in [0.4, 0.5) is 0 Å². The number of rotatable bonds is 3. The van der Waals surface area contributed by atoms with Gasteiger partial charge in [-0.15, -0.1) is 0 Å². The van der Waals surface area contributed by atoms with E-state index in [2.05, 4.69) is 12.2 Å². The highest BCUT2D eigenvalue weighted by Crippen LogP contribution is 2.59. The van der Waals surface area contributed by atoms with E-state index in [1.807, 2.05) is 0 Å². The van der Waals surface area contributed by atoms with Gasteiger partial charge in [0, 0.05) is 12.3 Å². The van der Waals surface area contributed by atoms with Crippen molar-refractivity contribution in [1.29, 1.82) is 0 Å². The third kappa shape index (κ3) is 1.64. The van der Waals surface area contributed by atoms with Gasteiger partial charge in [0.05, 0.1) is 0 Å². The molecule has 1 heterocycles. The van der Waals surface area contributed by atoms with Crippen molar-refractivity contribution in [1.82, 2.24) is 5.32 Å². The van der Waals surface area contributed by atoms with Crippen LogP contribution in [0.2, 0.25) is 0 Å². The molecule has 2 nitrogen and oxygen atoms in total. The molecule has 0 aromatic carbocycles. The van der Waals surface area contributed by atoms with Gasteiger partial charge in [0.15, 0.2) is 0 Å². The van der Waals surface area contributed by atoms with Crippen molar-refractivity contribution in [2.24, 2.45) is 11.3 Å². The Balaban J connectivity index is 1.88. The molecule has 1 unspecified atom stereocenters. The lowest BCUT2D eigenvalue weighted by Gasteiger charge is -2.23. The molecule has 74 valence electrons. The van der Waals surface area contributed by atoms with Gasteiger partial charge in [-0.25, -0.2) is 0 Å². The fourth-order valence-corrected chi connectivity index (χ4v) is 2.70. The summed E-state index contributed by atoms with van der Waals surface area (Å²) in [6.07, 6.45) is 5.47. The average Bonchev–Trinajstić information content (AvgIpc) is 2.81. The Morgan fingerprint density at radius 3 is 2.77 bits per heavy atom. The lowest BCUT2D eigenvalue weighted by Crippen LogP contribution is -2.30. The van der Waals surface area contributed by atoms with Crippen LogP contribution in [0.5, 0.6) is 0 Å². The smallest absolute Gasteiger partial charge is 0.136 e. The fraction of sp³-hybridized carbons (Fsp3) is 0.909. The minimum Gasteiger partial charge on any atom is -0.317 e. The lowest BCUT2D eigenvalue weighted by atomic mass is 9.90. The maximum atomic E-state index is 11.7. The molecular formula is C11H19NO. The predicted molar refractivity (Wildman–Crippen MR) is 52.6 cm³/mol. The van der Waals surface area contributed by atoms with Crippen molar-refractivity contribution in [3.63, 3.8) is 0 Å². The molecule has 1 aliphatic heterocycles. The van der Waals surface area contributed by atoms with E-state index in [1.54, 1.807) is 0 Å². The summed E-state index contributed by atoms with van der Waals surface area (Å²) in [6.45, 7) is 4.33. The van der Waals surface area contributed by atoms with Gasteiger partial charge in [-0.3, -0.25) is 4.79 Å². The van der Waals surface area contributed by atoms with Crippen LogP contribution in [-0.4, -0.2) is 18.9 Å². The van der Waals surface area contributed by atoms with Crippen LogP contribution in [0, 0.1) is 11.3 Å². The van der Waals surface area contributed by atoms with E-state index in [4.69, 9.17) is 0 Å². The van der Waals surface area contributed by atoms with E-state index < -0.39 is 0 Å². The second kappa shape index (κ2) is 3.41. The molecule has 1 saturated carbocycles. The molecule has 2 fully saturated rings. The van der Waals surface area contributed by atoms with E-state index >= 15 is 0 Å². The highest BCUT2D eigenvalue weighted by molar-refractivity contribution is 5.84. The number of ketones is 1. The fourth-order valence-electron chi connectivity index (χ4n) is 2.70. The number of Topliss-reactive ketones (excluding diaryl/α,β-unsaturated/α-hetero) is 1. The molecule has 1 spiro atoms. The zero-order valence-electron chi connectivity index (χ0n) is 8.44. The molecule has 0 bridgehead atoms. The Hall–Kier alpha value is -0.370. The zero-order chi connectivity index (χ0) is 9.31. The van der Waals surface area contributed by atoms with Crippen molar-refractivity contribution >= 4 is 5.78 Å². The minimum absolute atomic E-state index is 0.439. The van der Waals surface area contributed by atoms with Gasteiger partial charge in [0.25, 0.3) is 0 Å². The Labute approximate surface area is 80.1 Å². The highest BCUT2D eigenvalue weighted by atomic mass is 16.1. The lowest BCUT2D eigenvalue weighted by molar-refractivity contribution is -0.121. The van der Waals surface area contributed by atoms with Crippen LogP contribution in [0.1, 0.15) is 39.0 Å². The van der Waals surface area contributed by atoms with Crippen molar-refractivity contribution in [2.75, 3.05) is 13.1 Å². The Morgan fingerprint density at radius 2 is 2.15 bits per heavy atom. The number of hydrogen-bond acceptors (Lipinski definition) is 2. The molecule has 2 rings (SSSR count). The summed E-state index contributed by atoms with van der Waals surface area (Å²) in [6, 6.07) is 0. The second-order valence-corrected chi connectivity index (χ2v) is 4.59. The van der Waals surface area contributed by atoms with Crippen molar-refractivity contribution < 1.29 is 4.79 Å². The maximum absolute atomic E-state index is 11.7. The van der Waals surface area contributed by atoms with E-state index in [9.17, 15) is 4.79 Å². The van der Waals surface area contributed by atoms with Crippen molar-refractivity contribution in [3.8, 4) is 0 Å². The molecular weight excluding hydrogens is 162 g/mol. The van der Waals surface area contributed by atoms with E-state index in [1.165, 1.54) is 19.3 Å². The standard InChI is InChI=1S/C11H19NO/c1-2-3-10(13)9-8-11(9)4-6-12-7-5-11/h9,12H,2-8H2,1H3. The first kappa shape index (κ1) is 9.20. The number of nitrogens with one attached hydrogen (secondary N) is 1. The summed E-state index contributed by atoms with van der Waals surface area (Å²) >= 11 is 0. The number of piperidine rings is 1.